The van der Waals surface area contributed by atoms with Gasteiger partial charge in [0.05, 0.1) is 4.90 Å². The number of nitrogens with one attached hydrogen (secondary N) is 2. The molecule has 104 valence electrons. The molecule has 0 aliphatic rings. The Balaban J connectivity index is 2.07. The molecule has 0 aromatic carbocycles. The molecule has 0 unspecified atom stereocenters. The third-order valence-corrected chi connectivity index (χ3v) is 6.17. The molecule has 4 nitrogen and oxygen atoms in total. The van der Waals surface area contributed by atoms with Gasteiger partial charge in [0.1, 0.15) is 0 Å². The molecule has 2 aromatic heterocycles. The van der Waals surface area contributed by atoms with Crippen LogP contribution in [0.3, 0.4) is 0 Å². The van der Waals surface area contributed by atoms with Gasteiger partial charge in [-0.05, 0) is 37.0 Å². The average molecular weight is 316 g/mol. The van der Waals surface area contributed by atoms with E-state index >= 15 is 0 Å². The van der Waals surface area contributed by atoms with Gasteiger partial charge in [0, 0.05) is 28.2 Å². The largest absolute Gasteiger partial charge is 0.315 e. The summed E-state index contributed by atoms with van der Waals surface area (Å²) in [5.74, 6) is 0. The van der Waals surface area contributed by atoms with Crippen molar-refractivity contribution in [2.75, 3.05) is 7.05 Å². The molecule has 0 atom stereocenters. The lowest BCUT2D eigenvalue weighted by Crippen LogP contribution is -2.22. The van der Waals surface area contributed by atoms with Gasteiger partial charge in [-0.2, -0.15) is 0 Å². The van der Waals surface area contributed by atoms with Crippen LogP contribution in [-0.2, 0) is 23.1 Å². The van der Waals surface area contributed by atoms with E-state index in [0.717, 1.165) is 15.3 Å². The van der Waals surface area contributed by atoms with Crippen LogP contribution in [0.2, 0.25) is 0 Å². The summed E-state index contributed by atoms with van der Waals surface area (Å²) in [6.07, 6.45) is 0. The molecule has 0 aliphatic carbocycles. The van der Waals surface area contributed by atoms with Gasteiger partial charge in [-0.3, -0.25) is 0 Å². The van der Waals surface area contributed by atoms with E-state index in [-0.39, 0.29) is 0 Å². The Morgan fingerprint density at radius 3 is 2.68 bits per heavy atom. The maximum Gasteiger partial charge on any atom is 0.241 e. The number of hydrogen-bond acceptors (Lipinski definition) is 5. The van der Waals surface area contributed by atoms with Crippen LogP contribution >= 0.6 is 22.7 Å². The van der Waals surface area contributed by atoms with E-state index in [2.05, 4.69) is 10.0 Å². The zero-order valence-electron chi connectivity index (χ0n) is 10.8. The third kappa shape index (κ3) is 3.64. The second-order valence-corrected chi connectivity index (χ2v) is 7.89. The highest BCUT2D eigenvalue weighted by molar-refractivity contribution is 7.89. The van der Waals surface area contributed by atoms with E-state index in [0.29, 0.717) is 18.0 Å². The lowest BCUT2D eigenvalue weighted by atomic mass is 10.3. The summed E-state index contributed by atoms with van der Waals surface area (Å²) in [5.41, 5.74) is 1.12. The summed E-state index contributed by atoms with van der Waals surface area (Å²) in [4.78, 5) is 2.40. The Kier molecular flexibility index (Phi) is 4.75. The van der Waals surface area contributed by atoms with Crippen LogP contribution in [0.25, 0.3) is 0 Å². The van der Waals surface area contributed by atoms with Crippen molar-refractivity contribution >= 4 is 32.7 Å². The molecular formula is C12H16N2O2S3. The van der Waals surface area contributed by atoms with Gasteiger partial charge in [-0.15, -0.1) is 22.7 Å². The molecule has 7 heteroatoms. The van der Waals surface area contributed by atoms with Gasteiger partial charge < -0.3 is 5.32 Å². The Bertz CT molecular complexity index is 643. The average Bonchev–Trinajstić information content (AvgIpc) is 2.97. The van der Waals surface area contributed by atoms with Crippen molar-refractivity contribution in [3.8, 4) is 0 Å². The topological polar surface area (TPSA) is 58.2 Å². The molecule has 0 amide bonds. The van der Waals surface area contributed by atoms with Gasteiger partial charge in [-0.25, -0.2) is 13.1 Å². The van der Waals surface area contributed by atoms with Gasteiger partial charge in [0.15, 0.2) is 0 Å². The fraction of sp³-hybridized carbons (Fsp3) is 0.333. The Morgan fingerprint density at radius 2 is 2.05 bits per heavy atom. The summed E-state index contributed by atoms with van der Waals surface area (Å²) < 4.78 is 26.9. The highest BCUT2D eigenvalue weighted by atomic mass is 32.2. The number of aryl methyl sites for hydroxylation is 1. The minimum absolute atomic E-state index is 0.344. The van der Waals surface area contributed by atoms with Crippen LogP contribution in [-0.4, -0.2) is 15.5 Å². The van der Waals surface area contributed by atoms with Crippen molar-refractivity contribution in [3.63, 3.8) is 0 Å². The summed E-state index contributed by atoms with van der Waals surface area (Å²) >= 11 is 3.01. The van der Waals surface area contributed by atoms with Crippen LogP contribution in [0.15, 0.2) is 27.8 Å². The minimum atomic E-state index is -3.41. The Morgan fingerprint density at radius 1 is 1.26 bits per heavy atom. The molecule has 19 heavy (non-hydrogen) atoms. The van der Waals surface area contributed by atoms with Gasteiger partial charge in [0.25, 0.3) is 0 Å². The molecule has 2 rings (SSSR count). The van der Waals surface area contributed by atoms with E-state index in [1.165, 1.54) is 11.3 Å². The summed E-state index contributed by atoms with van der Waals surface area (Å²) in [7, 11) is -1.57. The molecule has 0 saturated carbocycles. The fourth-order valence-electron chi connectivity index (χ4n) is 1.60. The fourth-order valence-corrected chi connectivity index (χ4v) is 4.82. The van der Waals surface area contributed by atoms with Crippen molar-refractivity contribution in [1.29, 1.82) is 0 Å². The van der Waals surface area contributed by atoms with E-state index in [1.807, 2.05) is 25.4 Å². The van der Waals surface area contributed by atoms with Crippen LogP contribution < -0.4 is 10.0 Å². The number of rotatable bonds is 6. The number of hydrogen-bond donors (Lipinski definition) is 2. The zero-order valence-corrected chi connectivity index (χ0v) is 13.2. The molecule has 2 heterocycles. The third-order valence-electron chi connectivity index (χ3n) is 2.68. The van der Waals surface area contributed by atoms with Crippen molar-refractivity contribution in [1.82, 2.24) is 10.0 Å². The smallest absolute Gasteiger partial charge is 0.241 e. The maximum absolute atomic E-state index is 12.1. The van der Waals surface area contributed by atoms with Crippen molar-refractivity contribution in [2.24, 2.45) is 0 Å². The first-order valence-corrected chi connectivity index (χ1v) is 9.02. The maximum atomic E-state index is 12.1. The standard InChI is InChI=1S/C12H16N2O2S3/c1-9-3-4-17-12(9)7-14-19(15,16)11-5-10(6-13-2)18-8-11/h3-5,8,13-14H,6-7H2,1-2H3. The molecule has 2 N–H and O–H groups in total. The number of thiophene rings is 2. The summed E-state index contributed by atoms with van der Waals surface area (Å²) in [6, 6.07) is 3.70. The quantitative estimate of drug-likeness (QED) is 0.860. The molecule has 0 spiro atoms. The van der Waals surface area contributed by atoms with Crippen molar-refractivity contribution in [2.45, 2.75) is 24.9 Å². The molecule has 0 radical (unpaired) electrons. The van der Waals surface area contributed by atoms with Crippen LogP contribution in [0.4, 0.5) is 0 Å². The van der Waals surface area contributed by atoms with Crippen LogP contribution in [0.1, 0.15) is 15.3 Å². The van der Waals surface area contributed by atoms with Gasteiger partial charge >= 0.3 is 0 Å². The summed E-state index contributed by atoms with van der Waals surface area (Å²) in [5, 5.41) is 6.65. The highest BCUT2D eigenvalue weighted by Crippen LogP contribution is 2.20. The molecule has 0 bridgehead atoms. The van der Waals surface area contributed by atoms with Gasteiger partial charge in [-0.1, -0.05) is 0 Å². The second-order valence-electron chi connectivity index (χ2n) is 4.13. The molecule has 0 aliphatic heterocycles. The SMILES string of the molecule is CNCc1cc(S(=O)(=O)NCc2sccc2C)cs1. The van der Waals surface area contributed by atoms with Crippen LogP contribution in [0.5, 0.6) is 0 Å². The van der Waals surface area contributed by atoms with Crippen molar-refractivity contribution in [3.05, 3.63) is 38.2 Å². The van der Waals surface area contributed by atoms with E-state index < -0.39 is 10.0 Å². The first-order chi connectivity index (χ1) is 9.03. The lowest BCUT2D eigenvalue weighted by Gasteiger charge is -2.04. The van der Waals surface area contributed by atoms with E-state index in [9.17, 15) is 8.42 Å². The Hall–Kier alpha value is -0.730. The predicted molar refractivity (Wildman–Crippen MR) is 80.2 cm³/mol. The van der Waals surface area contributed by atoms with Crippen molar-refractivity contribution < 1.29 is 8.42 Å². The molecule has 0 fully saturated rings. The first-order valence-electron chi connectivity index (χ1n) is 5.77. The Labute approximate surface area is 121 Å². The van der Waals surface area contributed by atoms with Crippen LogP contribution in [0, 0.1) is 6.92 Å². The highest BCUT2D eigenvalue weighted by Gasteiger charge is 2.16. The number of sulfonamides is 1. The zero-order chi connectivity index (χ0) is 13.9. The molecular weight excluding hydrogens is 300 g/mol. The minimum Gasteiger partial charge on any atom is -0.315 e. The molecule has 0 saturated heterocycles. The predicted octanol–water partition coefficient (Wildman–Crippen LogP) is 2.32. The van der Waals surface area contributed by atoms with E-state index in [4.69, 9.17) is 0 Å². The first kappa shape index (κ1) is 14.7. The van der Waals surface area contributed by atoms with Gasteiger partial charge in [0.2, 0.25) is 10.0 Å². The monoisotopic (exact) mass is 316 g/mol. The lowest BCUT2D eigenvalue weighted by molar-refractivity contribution is 0.582. The molecule has 2 aromatic rings. The summed E-state index contributed by atoms with van der Waals surface area (Å²) in [6.45, 7) is 3.02. The van der Waals surface area contributed by atoms with E-state index in [1.54, 1.807) is 22.8 Å². The normalized spacial score (nSPS) is 11.9. The second kappa shape index (κ2) is 6.15.